The fraction of sp³-hybridized carbons (Fsp3) is 0.522. The molecule has 16 heteroatoms. The maximum absolute atomic E-state index is 13.2. The number of carboxylic acids is 2. The van der Waals surface area contributed by atoms with Crippen LogP contribution in [0.1, 0.15) is 30.4 Å². The topological polar surface area (TPSA) is 129 Å². The summed E-state index contributed by atoms with van der Waals surface area (Å²) < 4.78 is 65.3. The number of halogens is 6. The van der Waals surface area contributed by atoms with Gasteiger partial charge in [-0.05, 0) is 37.4 Å². The van der Waals surface area contributed by atoms with Crippen molar-refractivity contribution in [2.75, 3.05) is 19.6 Å². The fourth-order valence-corrected chi connectivity index (χ4v) is 4.31. The van der Waals surface area contributed by atoms with Gasteiger partial charge in [0.15, 0.2) is 0 Å². The molecule has 4 heterocycles. The summed E-state index contributed by atoms with van der Waals surface area (Å²) in [6.07, 6.45) is 0.516. The van der Waals surface area contributed by atoms with Gasteiger partial charge in [0.2, 0.25) is 5.91 Å². The summed E-state index contributed by atoms with van der Waals surface area (Å²) in [4.78, 5) is 39.5. The number of carboxylic acid groups (broad SMARTS) is 2. The smallest absolute Gasteiger partial charge is 0.475 e. The van der Waals surface area contributed by atoms with E-state index in [2.05, 4.69) is 21.2 Å². The predicted molar refractivity (Wildman–Crippen MR) is 122 cm³/mol. The molecule has 1 atom stereocenters. The summed E-state index contributed by atoms with van der Waals surface area (Å²) >= 11 is 0. The van der Waals surface area contributed by atoms with Gasteiger partial charge in [0.05, 0.1) is 11.6 Å². The molecule has 2 aromatic heterocycles. The summed E-state index contributed by atoms with van der Waals surface area (Å²) in [6.45, 7) is 4.34. The average molecular weight is 567 g/mol. The minimum atomic E-state index is -5.08. The largest absolute Gasteiger partial charge is 0.490 e. The summed E-state index contributed by atoms with van der Waals surface area (Å²) in [5.74, 6) is -5.19. The van der Waals surface area contributed by atoms with Gasteiger partial charge in [-0.3, -0.25) is 19.4 Å². The van der Waals surface area contributed by atoms with Crippen LogP contribution in [-0.4, -0.2) is 84.6 Å². The van der Waals surface area contributed by atoms with E-state index in [9.17, 15) is 31.1 Å². The average Bonchev–Trinajstić information content (AvgIpc) is 3.37. The number of rotatable bonds is 4. The highest BCUT2D eigenvalue weighted by atomic mass is 19.4. The first-order chi connectivity index (χ1) is 18.0. The Morgan fingerprint density at radius 2 is 1.59 bits per heavy atom. The van der Waals surface area contributed by atoms with E-state index in [-0.39, 0.29) is 5.41 Å². The Morgan fingerprint density at radius 1 is 0.974 bits per heavy atom. The Morgan fingerprint density at radius 3 is 2.08 bits per heavy atom. The minimum absolute atomic E-state index is 0.192. The number of carbonyl (C=O) groups is 3. The second-order valence-corrected chi connectivity index (χ2v) is 9.06. The highest BCUT2D eigenvalue weighted by Crippen LogP contribution is 2.41. The van der Waals surface area contributed by atoms with Crippen LogP contribution in [0.2, 0.25) is 0 Å². The first kappa shape index (κ1) is 31.5. The van der Waals surface area contributed by atoms with E-state index in [0.29, 0.717) is 12.5 Å². The van der Waals surface area contributed by atoms with Crippen molar-refractivity contribution < 1.29 is 50.9 Å². The molecule has 216 valence electrons. The Kier molecular flexibility index (Phi) is 10.4. The molecule has 0 saturated carbocycles. The number of carbonyl (C=O) groups excluding carboxylic acids is 1. The number of aryl methyl sites for hydroxylation is 1. The summed E-state index contributed by atoms with van der Waals surface area (Å²) in [6, 6.07) is 3.97. The Hall–Kier alpha value is -3.69. The summed E-state index contributed by atoms with van der Waals surface area (Å²) in [5, 5.41) is 18.5. The van der Waals surface area contributed by atoms with Crippen molar-refractivity contribution in [3.63, 3.8) is 0 Å². The van der Waals surface area contributed by atoms with Gasteiger partial charge in [0.1, 0.15) is 0 Å². The van der Waals surface area contributed by atoms with Gasteiger partial charge in [-0.15, -0.1) is 0 Å². The van der Waals surface area contributed by atoms with E-state index >= 15 is 0 Å². The first-order valence-electron chi connectivity index (χ1n) is 11.5. The fourth-order valence-electron chi connectivity index (χ4n) is 4.31. The molecule has 2 aliphatic rings. The zero-order valence-electron chi connectivity index (χ0n) is 20.7. The standard InChI is InChI=1S/C19H25N5O.2C2HF3O2/c1-22-12-17(11-21-22)13-23-8-3-5-19(15-23)6-9-24(18(19)25)14-16-4-2-7-20-10-16;2*3-2(4,5)1(6)7/h2,4,7,10-12H,3,5-6,8-9,13-15H2,1H3;2*(H,6,7). The van der Waals surface area contributed by atoms with Crippen LogP contribution in [0.4, 0.5) is 26.3 Å². The van der Waals surface area contributed by atoms with Gasteiger partial charge in [-0.1, -0.05) is 6.07 Å². The molecule has 2 aliphatic heterocycles. The first-order valence-corrected chi connectivity index (χ1v) is 11.5. The lowest BCUT2D eigenvalue weighted by Gasteiger charge is -2.39. The summed E-state index contributed by atoms with van der Waals surface area (Å²) in [7, 11) is 1.94. The molecule has 0 radical (unpaired) electrons. The Labute approximate surface area is 218 Å². The molecule has 2 aromatic rings. The highest BCUT2D eigenvalue weighted by molar-refractivity contribution is 5.85. The van der Waals surface area contributed by atoms with Crippen LogP contribution in [0.5, 0.6) is 0 Å². The molecule has 0 aliphatic carbocycles. The molecule has 1 amide bonds. The molecule has 1 spiro atoms. The number of amides is 1. The Bertz CT molecular complexity index is 1100. The van der Waals surface area contributed by atoms with E-state index in [1.54, 1.807) is 6.20 Å². The number of hydrogen-bond donors (Lipinski definition) is 2. The van der Waals surface area contributed by atoms with Gasteiger partial charge in [-0.2, -0.15) is 31.4 Å². The van der Waals surface area contributed by atoms with Crippen molar-refractivity contribution in [3.8, 4) is 0 Å². The molecule has 10 nitrogen and oxygen atoms in total. The quantitative estimate of drug-likeness (QED) is 0.540. The number of likely N-dealkylation sites (tertiary alicyclic amines) is 2. The molecular weight excluding hydrogens is 540 g/mol. The second-order valence-electron chi connectivity index (χ2n) is 9.06. The molecule has 2 N–H and O–H groups in total. The molecule has 0 bridgehead atoms. The maximum Gasteiger partial charge on any atom is 0.490 e. The number of piperidine rings is 1. The van der Waals surface area contributed by atoms with Gasteiger partial charge >= 0.3 is 24.3 Å². The third kappa shape index (κ3) is 9.53. The van der Waals surface area contributed by atoms with Crippen LogP contribution in [0.25, 0.3) is 0 Å². The van der Waals surface area contributed by atoms with Crippen molar-refractivity contribution in [2.24, 2.45) is 12.5 Å². The van der Waals surface area contributed by atoms with Gasteiger partial charge < -0.3 is 15.1 Å². The number of nitrogens with zero attached hydrogens (tertiary/aromatic N) is 5. The molecule has 1 unspecified atom stereocenters. The van der Waals surface area contributed by atoms with Gasteiger partial charge in [-0.25, -0.2) is 9.59 Å². The second kappa shape index (κ2) is 12.9. The molecule has 39 heavy (non-hydrogen) atoms. The lowest BCUT2D eigenvalue weighted by Crippen LogP contribution is -2.47. The van der Waals surface area contributed by atoms with E-state index in [1.165, 1.54) is 5.56 Å². The van der Waals surface area contributed by atoms with E-state index in [1.807, 2.05) is 41.2 Å². The number of pyridine rings is 1. The zero-order valence-corrected chi connectivity index (χ0v) is 20.7. The van der Waals surface area contributed by atoms with Crippen molar-refractivity contribution in [3.05, 3.63) is 48.0 Å². The van der Waals surface area contributed by atoms with E-state index in [0.717, 1.165) is 51.0 Å². The SMILES string of the molecule is Cn1cc(CN2CCCC3(CCN(Cc4cccnc4)C3=O)C2)cn1.O=C(O)C(F)(F)F.O=C(O)C(F)(F)F. The van der Waals surface area contributed by atoms with Gasteiger partial charge in [0.25, 0.3) is 0 Å². The molecular formula is C23H27F6N5O5. The van der Waals surface area contributed by atoms with Crippen LogP contribution in [0.15, 0.2) is 36.9 Å². The lowest BCUT2D eigenvalue weighted by molar-refractivity contribution is -0.193. The number of aliphatic carboxylic acids is 2. The molecule has 2 fully saturated rings. The monoisotopic (exact) mass is 567 g/mol. The Balaban J connectivity index is 0.000000317. The number of aromatic nitrogens is 3. The normalized spacial score (nSPS) is 19.7. The highest BCUT2D eigenvalue weighted by Gasteiger charge is 2.48. The van der Waals surface area contributed by atoms with Crippen molar-refractivity contribution in [2.45, 2.75) is 44.7 Å². The van der Waals surface area contributed by atoms with Crippen LogP contribution in [-0.2, 0) is 34.5 Å². The van der Waals surface area contributed by atoms with Crippen LogP contribution in [0.3, 0.4) is 0 Å². The number of hydrogen-bond acceptors (Lipinski definition) is 6. The van der Waals surface area contributed by atoms with Crippen molar-refractivity contribution >= 4 is 17.8 Å². The molecule has 0 aromatic carbocycles. The molecule has 2 saturated heterocycles. The molecule has 4 rings (SSSR count). The van der Waals surface area contributed by atoms with E-state index < -0.39 is 24.3 Å². The predicted octanol–water partition coefficient (Wildman–Crippen LogP) is 3.10. The van der Waals surface area contributed by atoms with Crippen LogP contribution in [0, 0.1) is 5.41 Å². The van der Waals surface area contributed by atoms with Crippen molar-refractivity contribution in [1.29, 1.82) is 0 Å². The maximum atomic E-state index is 13.2. The van der Waals surface area contributed by atoms with Crippen LogP contribution < -0.4 is 0 Å². The van der Waals surface area contributed by atoms with Gasteiger partial charge in [0, 0.05) is 57.4 Å². The van der Waals surface area contributed by atoms with Crippen LogP contribution >= 0.6 is 0 Å². The van der Waals surface area contributed by atoms with E-state index in [4.69, 9.17) is 19.8 Å². The number of alkyl halides is 6. The lowest BCUT2D eigenvalue weighted by atomic mass is 9.78. The zero-order chi connectivity index (χ0) is 29.4. The minimum Gasteiger partial charge on any atom is -0.475 e. The van der Waals surface area contributed by atoms with Crippen molar-refractivity contribution in [1.82, 2.24) is 24.6 Å². The third-order valence-electron chi connectivity index (χ3n) is 6.00. The third-order valence-corrected chi connectivity index (χ3v) is 6.00. The summed E-state index contributed by atoms with van der Waals surface area (Å²) in [5.41, 5.74) is 2.14.